The van der Waals surface area contributed by atoms with Gasteiger partial charge in [0.15, 0.2) is 11.5 Å². The third-order valence-electron chi connectivity index (χ3n) is 3.92. The highest BCUT2D eigenvalue weighted by molar-refractivity contribution is 5.56. The number of hydrogen-bond acceptors (Lipinski definition) is 4. The first kappa shape index (κ1) is 16.0. The maximum absolute atomic E-state index is 6.11. The first-order chi connectivity index (χ1) is 10.2. The van der Waals surface area contributed by atoms with Gasteiger partial charge >= 0.3 is 0 Å². The Morgan fingerprint density at radius 1 is 1.29 bits per heavy atom. The summed E-state index contributed by atoms with van der Waals surface area (Å²) in [7, 11) is 1.70. The number of rotatable bonds is 8. The fourth-order valence-corrected chi connectivity index (χ4v) is 2.64. The van der Waals surface area contributed by atoms with Crippen molar-refractivity contribution in [1.29, 1.82) is 0 Å². The standard InChI is InChI=1S/C17H28N2O2/c1-4-5-6-7-14(2)21-17-12-15(8-9-16(17)20-3)19-11-10-18-13-19/h8-9,12,14,18H,4-7,10-11,13H2,1-3H3. The maximum Gasteiger partial charge on any atom is 0.163 e. The van der Waals surface area contributed by atoms with Gasteiger partial charge in [-0.2, -0.15) is 0 Å². The summed E-state index contributed by atoms with van der Waals surface area (Å²) in [6.45, 7) is 7.34. The van der Waals surface area contributed by atoms with E-state index in [0.717, 1.165) is 37.7 Å². The second-order valence-electron chi connectivity index (χ2n) is 5.68. The van der Waals surface area contributed by atoms with Crippen molar-refractivity contribution in [2.75, 3.05) is 31.8 Å². The topological polar surface area (TPSA) is 33.7 Å². The third kappa shape index (κ3) is 4.53. The minimum absolute atomic E-state index is 0.220. The molecule has 118 valence electrons. The molecule has 1 aromatic carbocycles. The second kappa shape index (κ2) is 8.13. The number of benzene rings is 1. The largest absolute Gasteiger partial charge is 0.493 e. The number of nitrogens with zero attached hydrogens (tertiary/aromatic N) is 1. The van der Waals surface area contributed by atoms with Gasteiger partial charge in [0.05, 0.1) is 19.9 Å². The van der Waals surface area contributed by atoms with Crippen LogP contribution in [0.25, 0.3) is 0 Å². The lowest BCUT2D eigenvalue weighted by Crippen LogP contribution is -2.21. The molecule has 1 heterocycles. The number of anilines is 1. The highest BCUT2D eigenvalue weighted by Crippen LogP contribution is 2.33. The van der Waals surface area contributed by atoms with E-state index in [0.29, 0.717) is 0 Å². The molecule has 1 fully saturated rings. The van der Waals surface area contributed by atoms with E-state index in [4.69, 9.17) is 9.47 Å². The molecule has 1 aliphatic rings. The van der Waals surface area contributed by atoms with Crippen molar-refractivity contribution in [2.24, 2.45) is 0 Å². The molecule has 0 aromatic heterocycles. The highest BCUT2D eigenvalue weighted by Gasteiger charge is 2.15. The van der Waals surface area contributed by atoms with E-state index < -0.39 is 0 Å². The Bertz CT molecular complexity index is 431. The summed E-state index contributed by atoms with van der Waals surface area (Å²) >= 11 is 0. The van der Waals surface area contributed by atoms with Crippen LogP contribution in [-0.2, 0) is 0 Å². The maximum atomic E-state index is 6.11. The molecule has 1 saturated heterocycles. The average Bonchev–Trinajstić information content (AvgIpc) is 3.01. The average molecular weight is 292 g/mol. The lowest BCUT2D eigenvalue weighted by atomic mass is 10.1. The molecule has 0 aliphatic carbocycles. The van der Waals surface area contributed by atoms with E-state index in [1.807, 2.05) is 6.07 Å². The summed E-state index contributed by atoms with van der Waals surface area (Å²) < 4.78 is 11.5. The van der Waals surface area contributed by atoms with Gasteiger partial charge in [-0.25, -0.2) is 0 Å². The molecular formula is C17H28N2O2. The molecule has 1 unspecified atom stereocenters. The fourth-order valence-electron chi connectivity index (χ4n) is 2.64. The van der Waals surface area contributed by atoms with Gasteiger partial charge in [0.2, 0.25) is 0 Å². The Balaban J connectivity index is 2.03. The monoisotopic (exact) mass is 292 g/mol. The van der Waals surface area contributed by atoms with Gasteiger partial charge in [0, 0.05) is 24.8 Å². The van der Waals surface area contributed by atoms with Crippen molar-refractivity contribution in [1.82, 2.24) is 5.32 Å². The van der Waals surface area contributed by atoms with E-state index in [2.05, 4.69) is 36.2 Å². The zero-order valence-corrected chi connectivity index (χ0v) is 13.5. The van der Waals surface area contributed by atoms with Gasteiger partial charge in [-0.1, -0.05) is 19.8 Å². The summed E-state index contributed by atoms with van der Waals surface area (Å²) in [5.41, 5.74) is 1.19. The van der Waals surface area contributed by atoms with E-state index in [1.165, 1.54) is 24.9 Å². The Morgan fingerprint density at radius 3 is 2.81 bits per heavy atom. The molecule has 1 aliphatic heterocycles. The summed E-state index contributed by atoms with van der Waals surface area (Å²) in [6.07, 6.45) is 5.04. The third-order valence-corrected chi connectivity index (χ3v) is 3.92. The van der Waals surface area contributed by atoms with E-state index in [-0.39, 0.29) is 6.10 Å². The molecular weight excluding hydrogens is 264 g/mol. The van der Waals surface area contributed by atoms with Crippen molar-refractivity contribution >= 4 is 5.69 Å². The first-order valence-corrected chi connectivity index (χ1v) is 8.05. The Kier molecular flexibility index (Phi) is 6.18. The molecule has 1 aromatic rings. The fraction of sp³-hybridized carbons (Fsp3) is 0.647. The predicted molar refractivity (Wildman–Crippen MR) is 87.4 cm³/mol. The van der Waals surface area contributed by atoms with E-state index >= 15 is 0 Å². The quantitative estimate of drug-likeness (QED) is 0.745. The lowest BCUT2D eigenvalue weighted by molar-refractivity contribution is 0.198. The summed E-state index contributed by atoms with van der Waals surface area (Å²) in [5.74, 6) is 1.67. The number of nitrogens with one attached hydrogen (secondary N) is 1. The molecule has 2 rings (SSSR count). The van der Waals surface area contributed by atoms with Crippen molar-refractivity contribution in [2.45, 2.75) is 45.6 Å². The lowest BCUT2D eigenvalue weighted by Gasteiger charge is -2.21. The molecule has 0 amide bonds. The summed E-state index contributed by atoms with van der Waals surface area (Å²) in [6, 6.07) is 6.20. The van der Waals surface area contributed by atoms with Crippen molar-refractivity contribution in [3.63, 3.8) is 0 Å². The van der Waals surface area contributed by atoms with Crippen LogP contribution in [0.5, 0.6) is 11.5 Å². The molecule has 21 heavy (non-hydrogen) atoms. The number of methoxy groups -OCH3 is 1. The van der Waals surface area contributed by atoms with Gasteiger partial charge in [-0.3, -0.25) is 5.32 Å². The molecule has 0 spiro atoms. The minimum atomic E-state index is 0.220. The van der Waals surface area contributed by atoms with Gasteiger partial charge in [-0.05, 0) is 31.9 Å². The van der Waals surface area contributed by atoms with Crippen LogP contribution in [0.2, 0.25) is 0 Å². The van der Waals surface area contributed by atoms with Crippen molar-refractivity contribution in [3.8, 4) is 11.5 Å². The molecule has 4 heteroatoms. The molecule has 0 radical (unpaired) electrons. The molecule has 0 bridgehead atoms. The SMILES string of the molecule is CCCCCC(C)Oc1cc(N2CCNC2)ccc1OC. The van der Waals surface area contributed by atoms with Crippen LogP contribution in [-0.4, -0.2) is 33.0 Å². The minimum Gasteiger partial charge on any atom is -0.493 e. The number of ether oxygens (including phenoxy) is 2. The Hall–Kier alpha value is -1.42. The number of unbranched alkanes of at least 4 members (excludes halogenated alkanes) is 2. The summed E-state index contributed by atoms with van der Waals surface area (Å²) in [5, 5.41) is 3.35. The zero-order valence-electron chi connectivity index (χ0n) is 13.5. The van der Waals surface area contributed by atoms with Crippen LogP contribution in [0.4, 0.5) is 5.69 Å². The van der Waals surface area contributed by atoms with Crippen molar-refractivity contribution in [3.05, 3.63) is 18.2 Å². The van der Waals surface area contributed by atoms with Crippen LogP contribution in [0.3, 0.4) is 0 Å². The van der Waals surface area contributed by atoms with Crippen LogP contribution in [0.1, 0.15) is 39.5 Å². The number of hydrogen-bond donors (Lipinski definition) is 1. The van der Waals surface area contributed by atoms with Gasteiger partial charge < -0.3 is 14.4 Å². The second-order valence-corrected chi connectivity index (χ2v) is 5.68. The van der Waals surface area contributed by atoms with Crippen LogP contribution in [0, 0.1) is 0 Å². The molecule has 0 saturated carbocycles. The van der Waals surface area contributed by atoms with Gasteiger partial charge in [-0.15, -0.1) is 0 Å². The predicted octanol–water partition coefficient (Wildman–Crippen LogP) is 3.41. The van der Waals surface area contributed by atoms with Crippen molar-refractivity contribution < 1.29 is 9.47 Å². The smallest absolute Gasteiger partial charge is 0.163 e. The Labute approximate surface area is 128 Å². The van der Waals surface area contributed by atoms with Gasteiger partial charge in [0.25, 0.3) is 0 Å². The van der Waals surface area contributed by atoms with Crippen LogP contribution >= 0.6 is 0 Å². The van der Waals surface area contributed by atoms with E-state index in [1.54, 1.807) is 7.11 Å². The molecule has 1 N–H and O–H groups in total. The van der Waals surface area contributed by atoms with Crippen LogP contribution < -0.4 is 19.7 Å². The molecule has 4 nitrogen and oxygen atoms in total. The van der Waals surface area contributed by atoms with Crippen LogP contribution in [0.15, 0.2) is 18.2 Å². The van der Waals surface area contributed by atoms with E-state index in [9.17, 15) is 0 Å². The van der Waals surface area contributed by atoms with Gasteiger partial charge in [0.1, 0.15) is 0 Å². The highest BCUT2D eigenvalue weighted by atomic mass is 16.5. The first-order valence-electron chi connectivity index (χ1n) is 8.05. The zero-order chi connectivity index (χ0) is 15.1. The summed E-state index contributed by atoms with van der Waals surface area (Å²) in [4.78, 5) is 2.31. The molecule has 1 atom stereocenters. The normalized spacial score (nSPS) is 16.0. The Morgan fingerprint density at radius 2 is 2.14 bits per heavy atom.